The number of benzene rings is 3. The van der Waals surface area contributed by atoms with Crippen molar-refractivity contribution < 1.29 is 42.5 Å². The Bertz CT molecular complexity index is 1810. The lowest BCUT2D eigenvalue weighted by Crippen LogP contribution is -2.35. The molecule has 0 saturated heterocycles. The minimum atomic E-state index is -1.30. The van der Waals surface area contributed by atoms with Crippen molar-refractivity contribution in [3.8, 4) is 23.0 Å². The molecule has 1 aromatic heterocycles. The van der Waals surface area contributed by atoms with Crippen LogP contribution in [0.5, 0.6) is 23.0 Å². The van der Waals surface area contributed by atoms with Gasteiger partial charge < -0.3 is 34.9 Å². The van der Waals surface area contributed by atoms with Gasteiger partial charge in [-0.25, -0.2) is 8.78 Å². The number of hydrogen-bond acceptors (Lipinski definition) is 8. The van der Waals surface area contributed by atoms with Gasteiger partial charge in [-0.05, 0) is 93.8 Å². The Morgan fingerprint density at radius 2 is 1.47 bits per heavy atom. The molecule has 1 aliphatic rings. The Labute approximate surface area is 295 Å². The van der Waals surface area contributed by atoms with E-state index in [-0.39, 0.29) is 17.9 Å². The number of carbonyl (C=O) groups is 3. The molecule has 0 radical (unpaired) electrons. The fraction of sp³-hybridized carbons (Fsp3) is 0.368. The molecule has 13 heteroatoms. The molecule has 0 aliphatic heterocycles. The maximum Gasteiger partial charge on any atom is 0.303 e. The number of anilines is 2. The highest BCUT2D eigenvalue weighted by Crippen LogP contribution is 2.47. The van der Waals surface area contributed by atoms with Gasteiger partial charge in [0.25, 0.3) is 0 Å². The zero-order valence-corrected chi connectivity index (χ0v) is 29.3. The van der Waals surface area contributed by atoms with Crippen LogP contribution >= 0.6 is 0 Å². The topological polar surface area (TPSA) is 139 Å². The van der Waals surface area contributed by atoms with E-state index in [0.29, 0.717) is 66.1 Å². The highest BCUT2D eigenvalue weighted by molar-refractivity contribution is 6.16. The number of hydrogen-bond donors (Lipinski definition) is 3. The van der Waals surface area contributed by atoms with Crippen LogP contribution in [0.3, 0.4) is 0 Å². The van der Waals surface area contributed by atoms with Gasteiger partial charge in [-0.3, -0.25) is 19.4 Å². The summed E-state index contributed by atoms with van der Waals surface area (Å²) in [5.41, 5.74) is -0.286. The van der Waals surface area contributed by atoms with E-state index in [0.717, 1.165) is 6.07 Å². The number of rotatable bonds is 16. The molecule has 11 nitrogen and oxygen atoms in total. The third-order valence-electron chi connectivity index (χ3n) is 8.50. The maximum atomic E-state index is 15.2. The van der Waals surface area contributed by atoms with E-state index in [1.165, 1.54) is 69.3 Å². The average molecular weight is 707 g/mol. The first-order chi connectivity index (χ1) is 24.5. The van der Waals surface area contributed by atoms with Crippen LogP contribution in [0.1, 0.15) is 52.9 Å². The van der Waals surface area contributed by atoms with Gasteiger partial charge in [0.2, 0.25) is 11.8 Å². The number of unbranched alkanes of at least 4 members (excludes halogenated alkanes) is 1. The molecule has 3 N–H and O–H groups in total. The minimum Gasteiger partial charge on any atom is -0.493 e. The fourth-order valence-corrected chi connectivity index (χ4v) is 5.22. The average Bonchev–Trinajstić information content (AvgIpc) is 3.94. The summed E-state index contributed by atoms with van der Waals surface area (Å²) in [4.78, 5) is 43.2. The summed E-state index contributed by atoms with van der Waals surface area (Å²) in [5, 5.41) is 14.5. The van der Waals surface area contributed by atoms with E-state index in [4.69, 9.17) is 19.3 Å². The Morgan fingerprint density at radius 3 is 2.04 bits per heavy atom. The highest BCUT2D eigenvalue weighted by atomic mass is 19.1. The summed E-state index contributed by atoms with van der Waals surface area (Å²) in [7, 11) is 1.47. The predicted octanol–water partition coefficient (Wildman–Crippen LogP) is 7.65. The standard InChI is InChI=1S/C32H29F2N3O7.C6H15N/c1-42-27-17-22-24(18-28(27)43-15-3-2-4-29(38)39)35-14-11-25(22)44-26-10-9-21(16-23(26)34)37-31(41)32(12-13-32)30(40)36-20-7-5-19(33)6-8-20;1-4-7(5-2)6-3/h5-11,14,16-18H,2-4,12-13,15H2,1H3,(H,36,40)(H,37,41)(H,38,39);4-6H2,1-3H3. The SMILES string of the molecule is CCN(CC)CC.COc1cc2c(Oc3ccc(NC(=O)C4(C(=O)Nc5ccc(F)cc5)CC4)cc3F)ccnc2cc1OCCCCC(=O)O. The van der Waals surface area contributed by atoms with Gasteiger partial charge in [-0.2, -0.15) is 0 Å². The molecule has 4 aromatic rings. The number of methoxy groups -OCH3 is 1. The first kappa shape index (κ1) is 38.5. The third kappa shape index (κ3) is 10.4. The third-order valence-corrected chi connectivity index (χ3v) is 8.50. The first-order valence-corrected chi connectivity index (χ1v) is 16.9. The molecule has 0 unspecified atom stereocenters. The van der Waals surface area contributed by atoms with E-state index in [1.807, 2.05) is 0 Å². The highest BCUT2D eigenvalue weighted by Gasteiger charge is 2.56. The van der Waals surface area contributed by atoms with Crippen LogP contribution in [0.15, 0.2) is 66.9 Å². The normalized spacial score (nSPS) is 12.8. The van der Waals surface area contributed by atoms with Crippen molar-refractivity contribution in [2.24, 2.45) is 5.41 Å². The number of pyridine rings is 1. The van der Waals surface area contributed by atoms with Crippen molar-refractivity contribution in [1.82, 2.24) is 9.88 Å². The lowest BCUT2D eigenvalue weighted by atomic mass is 10.0. The molecule has 3 aromatic carbocycles. The summed E-state index contributed by atoms with van der Waals surface area (Å²) in [6.45, 7) is 10.4. The van der Waals surface area contributed by atoms with Crippen LogP contribution in [0.25, 0.3) is 10.9 Å². The zero-order chi connectivity index (χ0) is 37.0. The lowest BCUT2D eigenvalue weighted by Gasteiger charge is -2.16. The first-order valence-electron chi connectivity index (χ1n) is 16.9. The van der Waals surface area contributed by atoms with Crippen LogP contribution in [-0.2, 0) is 14.4 Å². The quantitative estimate of drug-likeness (QED) is 0.0792. The second kappa shape index (κ2) is 18.1. The molecule has 0 bridgehead atoms. The molecule has 2 amide bonds. The number of fused-ring (bicyclic) bond motifs is 1. The molecule has 1 heterocycles. The number of nitrogens with zero attached hydrogens (tertiary/aromatic N) is 2. The molecular formula is C38H44F2N4O7. The van der Waals surface area contributed by atoms with Crippen LogP contribution in [0, 0.1) is 17.0 Å². The number of carbonyl (C=O) groups excluding carboxylic acids is 2. The summed E-state index contributed by atoms with van der Waals surface area (Å²) < 4.78 is 45.4. The largest absolute Gasteiger partial charge is 0.493 e. The molecule has 0 atom stereocenters. The van der Waals surface area contributed by atoms with Crippen molar-refractivity contribution in [3.05, 3.63) is 78.5 Å². The Morgan fingerprint density at radius 1 is 0.824 bits per heavy atom. The van der Waals surface area contributed by atoms with Gasteiger partial charge >= 0.3 is 5.97 Å². The predicted molar refractivity (Wildman–Crippen MR) is 191 cm³/mol. The number of nitrogens with one attached hydrogen (secondary N) is 2. The van der Waals surface area contributed by atoms with Crippen molar-refractivity contribution in [2.75, 3.05) is 44.0 Å². The van der Waals surface area contributed by atoms with Gasteiger partial charge in [0.1, 0.15) is 17.0 Å². The molecule has 1 fully saturated rings. The summed E-state index contributed by atoms with van der Waals surface area (Å²) in [5.74, 6) is -2.15. The van der Waals surface area contributed by atoms with Crippen molar-refractivity contribution >= 4 is 40.1 Å². The number of carboxylic acid groups (broad SMARTS) is 1. The number of carboxylic acids is 1. The summed E-state index contributed by atoms with van der Waals surface area (Å²) in [6, 6.07) is 14.0. The van der Waals surface area contributed by atoms with E-state index < -0.39 is 34.8 Å². The van der Waals surface area contributed by atoms with Crippen molar-refractivity contribution in [1.29, 1.82) is 0 Å². The van der Waals surface area contributed by atoms with Crippen LogP contribution in [0.4, 0.5) is 20.2 Å². The molecule has 5 rings (SSSR count). The molecule has 1 saturated carbocycles. The Balaban J connectivity index is 0.000000755. The number of aliphatic carboxylic acids is 1. The Hall–Kier alpha value is -5.30. The smallest absolute Gasteiger partial charge is 0.303 e. The van der Waals surface area contributed by atoms with Crippen LogP contribution in [0.2, 0.25) is 0 Å². The van der Waals surface area contributed by atoms with Gasteiger partial charge in [-0.15, -0.1) is 0 Å². The fourth-order valence-electron chi connectivity index (χ4n) is 5.22. The molecular weight excluding hydrogens is 662 g/mol. The Kier molecular flexibility index (Phi) is 13.7. The molecule has 272 valence electrons. The lowest BCUT2D eigenvalue weighted by molar-refractivity contribution is -0.137. The number of halogens is 2. The van der Waals surface area contributed by atoms with Crippen LogP contribution < -0.4 is 24.8 Å². The minimum absolute atomic E-state index is 0.0567. The monoisotopic (exact) mass is 706 g/mol. The van der Waals surface area contributed by atoms with E-state index in [9.17, 15) is 18.8 Å². The van der Waals surface area contributed by atoms with Crippen molar-refractivity contribution in [2.45, 2.75) is 52.9 Å². The van der Waals surface area contributed by atoms with Gasteiger partial charge in [-0.1, -0.05) is 20.8 Å². The molecule has 1 aliphatic carbocycles. The zero-order valence-electron chi connectivity index (χ0n) is 29.3. The van der Waals surface area contributed by atoms with E-state index in [1.54, 1.807) is 18.2 Å². The second-order valence-electron chi connectivity index (χ2n) is 11.9. The second-order valence-corrected chi connectivity index (χ2v) is 11.9. The summed E-state index contributed by atoms with van der Waals surface area (Å²) >= 11 is 0. The number of ether oxygens (including phenoxy) is 3. The van der Waals surface area contributed by atoms with Gasteiger partial charge in [0, 0.05) is 41.5 Å². The maximum absolute atomic E-state index is 15.2. The van der Waals surface area contributed by atoms with Crippen LogP contribution in [-0.4, -0.2) is 66.1 Å². The number of aromatic nitrogens is 1. The van der Waals surface area contributed by atoms with Crippen molar-refractivity contribution in [3.63, 3.8) is 0 Å². The number of amides is 2. The van der Waals surface area contributed by atoms with Gasteiger partial charge in [0.05, 0.1) is 19.2 Å². The van der Waals surface area contributed by atoms with Gasteiger partial charge in [0.15, 0.2) is 23.1 Å². The van der Waals surface area contributed by atoms with E-state index in [2.05, 4.69) is 41.3 Å². The molecule has 51 heavy (non-hydrogen) atoms. The summed E-state index contributed by atoms with van der Waals surface area (Å²) in [6.07, 6.45) is 3.23. The molecule has 0 spiro atoms. The van der Waals surface area contributed by atoms with E-state index >= 15 is 4.39 Å².